The highest BCUT2D eigenvalue weighted by atomic mass is 16.5. The minimum Gasteiger partial charge on any atom is -0.381 e. The van der Waals surface area contributed by atoms with Crippen molar-refractivity contribution in [1.29, 1.82) is 0 Å². The van der Waals surface area contributed by atoms with E-state index in [4.69, 9.17) is 4.74 Å². The Kier molecular flexibility index (Phi) is 6.10. The molecule has 4 heteroatoms. The lowest BCUT2D eigenvalue weighted by Gasteiger charge is -2.08. The first kappa shape index (κ1) is 16.2. The molecule has 0 atom stereocenters. The zero-order chi connectivity index (χ0) is 15.8. The van der Waals surface area contributed by atoms with E-state index in [1.807, 2.05) is 42.5 Å². The summed E-state index contributed by atoms with van der Waals surface area (Å²) in [5.74, 6) is 0.965. The second kappa shape index (κ2) is 8.29. The predicted molar refractivity (Wildman–Crippen MR) is 88.6 cm³/mol. The van der Waals surface area contributed by atoms with E-state index in [0.29, 0.717) is 31.4 Å². The number of ether oxygens (including phenoxy) is 1. The molecule has 0 saturated carbocycles. The molecule has 1 heterocycles. The highest BCUT2D eigenvalue weighted by Gasteiger charge is 2.04. The van der Waals surface area contributed by atoms with Gasteiger partial charge in [0.1, 0.15) is 5.82 Å². The maximum Gasteiger partial charge on any atom is 0.227 e. The Morgan fingerprint density at radius 1 is 1.14 bits per heavy atom. The molecule has 0 spiro atoms. The topological polar surface area (TPSA) is 51.2 Å². The van der Waals surface area contributed by atoms with Crippen molar-refractivity contribution >= 4 is 11.7 Å². The standard InChI is InChI=1S/C18H22N2O2/c1-14(2)13-22-11-10-18(21)20-17-9-8-16(12-19-17)15-6-4-3-5-7-15/h3-9,12,14H,10-11,13H2,1-2H3,(H,19,20,21). The minimum absolute atomic E-state index is 0.0799. The Balaban J connectivity index is 1.82. The number of pyridine rings is 1. The third-order valence-electron chi connectivity index (χ3n) is 3.06. The molecule has 0 unspecified atom stereocenters. The molecule has 0 fully saturated rings. The van der Waals surface area contributed by atoms with Gasteiger partial charge < -0.3 is 10.1 Å². The lowest BCUT2D eigenvalue weighted by Crippen LogP contribution is -2.15. The number of carbonyl (C=O) groups is 1. The maximum absolute atomic E-state index is 11.8. The number of amides is 1. The number of anilines is 1. The van der Waals surface area contributed by atoms with Crippen LogP contribution in [-0.2, 0) is 9.53 Å². The van der Waals surface area contributed by atoms with Crippen molar-refractivity contribution in [2.45, 2.75) is 20.3 Å². The summed E-state index contributed by atoms with van der Waals surface area (Å²) in [7, 11) is 0. The smallest absolute Gasteiger partial charge is 0.227 e. The fraction of sp³-hybridized carbons (Fsp3) is 0.333. The zero-order valence-corrected chi connectivity index (χ0v) is 13.1. The normalized spacial score (nSPS) is 10.7. The molecule has 2 rings (SSSR count). The van der Waals surface area contributed by atoms with E-state index >= 15 is 0 Å². The Morgan fingerprint density at radius 2 is 1.91 bits per heavy atom. The van der Waals surface area contributed by atoms with Crippen LogP contribution in [0.5, 0.6) is 0 Å². The van der Waals surface area contributed by atoms with Crippen LogP contribution in [0, 0.1) is 5.92 Å². The summed E-state index contributed by atoms with van der Waals surface area (Å²) in [5, 5.41) is 2.78. The first-order valence-corrected chi connectivity index (χ1v) is 7.54. The number of benzene rings is 1. The Hall–Kier alpha value is -2.20. The van der Waals surface area contributed by atoms with E-state index in [0.717, 1.165) is 11.1 Å². The number of rotatable bonds is 7. The van der Waals surface area contributed by atoms with Crippen molar-refractivity contribution in [1.82, 2.24) is 4.98 Å². The highest BCUT2D eigenvalue weighted by molar-refractivity contribution is 5.89. The van der Waals surface area contributed by atoms with Crippen molar-refractivity contribution in [2.24, 2.45) is 5.92 Å². The first-order valence-electron chi connectivity index (χ1n) is 7.54. The summed E-state index contributed by atoms with van der Waals surface area (Å²) in [6.07, 6.45) is 2.11. The molecule has 22 heavy (non-hydrogen) atoms. The van der Waals surface area contributed by atoms with Crippen molar-refractivity contribution in [3.63, 3.8) is 0 Å². The number of carbonyl (C=O) groups excluding carboxylic acids is 1. The molecule has 4 nitrogen and oxygen atoms in total. The van der Waals surface area contributed by atoms with Gasteiger partial charge in [-0.3, -0.25) is 4.79 Å². The molecule has 1 amide bonds. The molecule has 116 valence electrons. The molecule has 0 bridgehead atoms. The van der Waals surface area contributed by atoms with Crippen molar-refractivity contribution in [3.05, 3.63) is 48.7 Å². The van der Waals surface area contributed by atoms with Crippen LogP contribution in [0.4, 0.5) is 5.82 Å². The van der Waals surface area contributed by atoms with E-state index < -0.39 is 0 Å². The molecular weight excluding hydrogens is 276 g/mol. The van der Waals surface area contributed by atoms with Crippen LogP contribution in [0.25, 0.3) is 11.1 Å². The number of nitrogens with one attached hydrogen (secondary N) is 1. The summed E-state index contributed by atoms with van der Waals surface area (Å²) in [6, 6.07) is 13.8. The van der Waals surface area contributed by atoms with Gasteiger partial charge in [0, 0.05) is 18.4 Å². The predicted octanol–water partition coefficient (Wildman–Crippen LogP) is 3.75. The number of aromatic nitrogens is 1. The minimum atomic E-state index is -0.0799. The first-order chi connectivity index (χ1) is 10.6. The molecule has 2 aromatic rings. The number of nitrogens with zero attached hydrogens (tertiary/aromatic N) is 1. The zero-order valence-electron chi connectivity index (χ0n) is 13.1. The van der Waals surface area contributed by atoms with Gasteiger partial charge in [0.15, 0.2) is 0 Å². The SMILES string of the molecule is CC(C)COCCC(=O)Nc1ccc(-c2ccccc2)cn1. The van der Waals surface area contributed by atoms with Crippen molar-refractivity contribution < 1.29 is 9.53 Å². The van der Waals surface area contributed by atoms with Gasteiger partial charge >= 0.3 is 0 Å². The van der Waals surface area contributed by atoms with Gasteiger partial charge in [-0.15, -0.1) is 0 Å². The highest BCUT2D eigenvalue weighted by Crippen LogP contribution is 2.18. The largest absolute Gasteiger partial charge is 0.381 e. The second-order valence-electron chi connectivity index (χ2n) is 5.57. The van der Waals surface area contributed by atoms with Crippen LogP contribution in [0.15, 0.2) is 48.7 Å². The summed E-state index contributed by atoms with van der Waals surface area (Å²) in [6.45, 7) is 5.28. The van der Waals surface area contributed by atoms with E-state index in [-0.39, 0.29) is 5.91 Å². The molecule has 0 radical (unpaired) electrons. The van der Waals surface area contributed by atoms with E-state index in [9.17, 15) is 4.79 Å². The lowest BCUT2D eigenvalue weighted by molar-refractivity contribution is -0.117. The van der Waals surface area contributed by atoms with Gasteiger partial charge in [-0.05, 0) is 23.6 Å². The summed E-state index contributed by atoms with van der Waals surface area (Å²) in [5.41, 5.74) is 2.13. The van der Waals surface area contributed by atoms with E-state index in [1.54, 1.807) is 6.20 Å². The molecular formula is C18H22N2O2. The Bertz CT molecular complexity index is 580. The molecule has 0 aliphatic heterocycles. The van der Waals surface area contributed by atoms with Gasteiger partial charge in [-0.25, -0.2) is 4.98 Å². The van der Waals surface area contributed by atoms with Crippen LogP contribution in [0.3, 0.4) is 0 Å². The number of hydrogen-bond donors (Lipinski definition) is 1. The van der Waals surface area contributed by atoms with Gasteiger partial charge in [0.05, 0.1) is 13.0 Å². The molecule has 1 N–H and O–H groups in total. The Labute approximate surface area is 131 Å². The third-order valence-corrected chi connectivity index (χ3v) is 3.06. The van der Waals surface area contributed by atoms with E-state index in [2.05, 4.69) is 24.1 Å². The number of hydrogen-bond acceptors (Lipinski definition) is 3. The third kappa shape index (κ3) is 5.30. The van der Waals surface area contributed by atoms with Crippen LogP contribution < -0.4 is 5.32 Å². The van der Waals surface area contributed by atoms with Crippen LogP contribution in [0.1, 0.15) is 20.3 Å². The monoisotopic (exact) mass is 298 g/mol. The summed E-state index contributed by atoms with van der Waals surface area (Å²) >= 11 is 0. The van der Waals surface area contributed by atoms with Crippen LogP contribution in [-0.4, -0.2) is 24.1 Å². The molecule has 0 aliphatic carbocycles. The molecule has 1 aromatic heterocycles. The summed E-state index contributed by atoms with van der Waals surface area (Å²) < 4.78 is 5.40. The van der Waals surface area contributed by atoms with Crippen molar-refractivity contribution in [3.8, 4) is 11.1 Å². The van der Waals surface area contributed by atoms with Gasteiger partial charge in [-0.2, -0.15) is 0 Å². The van der Waals surface area contributed by atoms with Gasteiger partial charge in [0.25, 0.3) is 0 Å². The molecule has 1 aromatic carbocycles. The quantitative estimate of drug-likeness (QED) is 0.792. The lowest BCUT2D eigenvalue weighted by atomic mass is 10.1. The van der Waals surface area contributed by atoms with Crippen LogP contribution >= 0.6 is 0 Å². The fourth-order valence-corrected chi connectivity index (χ4v) is 1.96. The second-order valence-corrected chi connectivity index (χ2v) is 5.57. The summed E-state index contributed by atoms with van der Waals surface area (Å²) in [4.78, 5) is 16.1. The van der Waals surface area contributed by atoms with Gasteiger partial charge in [-0.1, -0.05) is 44.2 Å². The van der Waals surface area contributed by atoms with Gasteiger partial charge in [0.2, 0.25) is 5.91 Å². The Morgan fingerprint density at radius 3 is 2.55 bits per heavy atom. The molecule has 0 aliphatic rings. The fourth-order valence-electron chi connectivity index (χ4n) is 1.96. The van der Waals surface area contributed by atoms with Crippen molar-refractivity contribution in [2.75, 3.05) is 18.5 Å². The average molecular weight is 298 g/mol. The van der Waals surface area contributed by atoms with E-state index in [1.165, 1.54) is 0 Å². The molecule has 0 saturated heterocycles. The maximum atomic E-state index is 11.8. The average Bonchev–Trinajstić information content (AvgIpc) is 2.53. The van der Waals surface area contributed by atoms with Crippen LogP contribution in [0.2, 0.25) is 0 Å².